The fraction of sp³-hybridized carbons (Fsp3) is 0. The van der Waals surface area contributed by atoms with Crippen LogP contribution in [0.2, 0.25) is 10.2 Å². The van der Waals surface area contributed by atoms with E-state index >= 15 is 0 Å². The third kappa shape index (κ3) is 3.23. The molecule has 1 N–H and O–H groups in total. The van der Waals surface area contributed by atoms with Gasteiger partial charge in [-0.1, -0.05) is 23.2 Å². The lowest BCUT2D eigenvalue weighted by molar-refractivity contribution is -0.384. The summed E-state index contributed by atoms with van der Waals surface area (Å²) in [5.41, 5.74) is -0.941. The van der Waals surface area contributed by atoms with Crippen LogP contribution in [0.4, 0.5) is 15.9 Å². The zero-order valence-electron chi connectivity index (χ0n) is 10.0. The summed E-state index contributed by atoms with van der Waals surface area (Å²) in [6, 6.07) is 2.57. The highest BCUT2D eigenvalue weighted by Gasteiger charge is 2.19. The molecular formula is C11H5Cl2FN4O3. The molecule has 0 spiro atoms. The summed E-state index contributed by atoms with van der Waals surface area (Å²) in [7, 11) is 0. The number of non-ortho nitro benzene ring substituents is 1. The minimum Gasteiger partial charge on any atom is -0.305 e. The summed E-state index contributed by atoms with van der Waals surface area (Å²) < 4.78 is 13.6. The molecule has 10 heteroatoms. The summed E-state index contributed by atoms with van der Waals surface area (Å²) >= 11 is 11.4. The number of hydrogen-bond acceptors (Lipinski definition) is 5. The standard InChI is InChI=1S/C11H5Cl2FN4O3/c12-8-9(13)15-4-16-10(8)17-11(19)6-3-5(18(20)21)1-2-7(6)14/h1-4H,(H,15,16,17,19). The van der Waals surface area contributed by atoms with Crippen LogP contribution in [0.3, 0.4) is 0 Å². The number of aromatic nitrogens is 2. The molecule has 7 nitrogen and oxygen atoms in total. The van der Waals surface area contributed by atoms with Crippen molar-refractivity contribution in [3.8, 4) is 0 Å². The first-order chi connectivity index (χ1) is 9.90. The molecule has 0 aliphatic heterocycles. The van der Waals surface area contributed by atoms with E-state index < -0.39 is 27.9 Å². The summed E-state index contributed by atoms with van der Waals surface area (Å²) in [6.45, 7) is 0. The topological polar surface area (TPSA) is 98.0 Å². The molecule has 0 fully saturated rings. The number of nitro groups is 1. The van der Waals surface area contributed by atoms with Crippen LogP contribution in [0.25, 0.3) is 0 Å². The monoisotopic (exact) mass is 330 g/mol. The van der Waals surface area contributed by atoms with Gasteiger partial charge in [0.05, 0.1) is 10.5 Å². The quantitative estimate of drug-likeness (QED) is 0.529. The van der Waals surface area contributed by atoms with Crippen molar-refractivity contribution in [3.05, 3.63) is 56.2 Å². The number of benzene rings is 1. The molecule has 0 aliphatic carbocycles. The largest absolute Gasteiger partial charge is 0.305 e. The molecule has 1 aromatic heterocycles. The van der Waals surface area contributed by atoms with Gasteiger partial charge in [0, 0.05) is 12.1 Å². The molecule has 2 rings (SSSR count). The minimum atomic E-state index is -0.951. The Morgan fingerprint density at radius 1 is 1.33 bits per heavy atom. The van der Waals surface area contributed by atoms with E-state index in [4.69, 9.17) is 23.2 Å². The van der Waals surface area contributed by atoms with Crippen molar-refractivity contribution in [1.29, 1.82) is 0 Å². The number of nitrogens with zero attached hydrogens (tertiary/aromatic N) is 3. The van der Waals surface area contributed by atoms with Gasteiger partial charge in [0.25, 0.3) is 11.6 Å². The summed E-state index contributed by atoms with van der Waals surface area (Å²) in [4.78, 5) is 29.1. The van der Waals surface area contributed by atoms with Crippen molar-refractivity contribution < 1.29 is 14.1 Å². The molecule has 0 unspecified atom stereocenters. The lowest BCUT2D eigenvalue weighted by Crippen LogP contribution is -2.15. The number of carbonyl (C=O) groups is 1. The van der Waals surface area contributed by atoms with E-state index in [0.29, 0.717) is 0 Å². The summed E-state index contributed by atoms with van der Waals surface area (Å²) in [5.74, 6) is -2.00. The number of amides is 1. The number of nitrogens with one attached hydrogen (secondary N) is 1. The SMILES string of the molecule is O=C(Nc1ncnc(Cl)c1Cl)c1cc([N+](=O)[O-])ccc1F. The molecule has 0 saturated carbocycles. The fourth-order valence-corrected chi connectivity index (χ4v) is 1.69. The molecular weight excluding hydrogens is 326 g/mol. The number of anilines is 1. The van der Waals surface area contributed by atoms with Crippen molar-refractivity contribution in [1.82, 2.24) is 9.97 Å². The molecule has 2 aromatic rings. The zero-order chi connectivity index (χ0) is 15.6. The second-order valence-electron chi connectivity index (χ2n) is 3.70. The highest BCUT2D eigenvalue weighted by atomic mass is 35.5. The van der Waals surface area contributed by atoms with E-state index in [-0.39, 0.29) is 16.0 Å². The van der Waals surface area contributed by atoms with Gasteiger partial charge in [0.2, 0.25) is 0 Å². The Morgan fingerprint density at radius 2 is 2.05 bits per heavy atom. The van der Waals surface area contributed by atoms with Crippen molar-refractivity contribution in [2.75, 3.05) is 5.32 Å². The van der Waals surface area contributed by atoms with Crippen LogP contribution >= 0.6 is 23.2 Å². The summed E-state index contributed by atoms with van der Waals surface area (Å²) in [6.07, 6.45) is 1.05. The Morgan fingerprint density at radius 3 is 2.71 bits per heavy atom. The predicted octanol–water partition coefficient (Wildman–Crippen LogP) is 3.08. The second-order valence-corrected chi connectivity index (χ2v) is 4.44. The maximum atomic E-state index is 13.6. The number of nitro benzene ring substituents is 1. The van der Waals surface area contributed by atoms with Gasteiger partial charge in [0.15, 0.2) is 11.0 Å². The van der Waals surface area contributed by atoms with E-state index in [0.717, 1.165) is 24.5 Å². The van der Waals surface area contributed by atoms with Gasteiger partial charge in [0.1, 0.15) is 17.2 Å². The second kappa shape index (κ2) is 5.98. The highest BCUT2D eigenvalue weighted by Crippen LogP contribution is 2.26. The number of hydrogen-bond donors (Lipinski definition) is 1. The van der Waals surface area contributed by atoms with Crippen LogP contribution in [0.5, 0.6) is 0 Å². The van der Waals surface area contributed by atoms with Crippen molar-refractivity contribution in [2.24, 2.45) is 0 Å². The van der Waals surface area contributed by atoms with Crippen molar-refractivity contribution in [3.63, 3.8) is 0 Å². The Labute approximate surface area is 126 Å². The average Bonchev–Trinajstić information content (AvgIpc) is 2.44. The first-order valence-corrected chi connectivity index (χ1v) is 6.07. The van der Waals surface area contributed by atoms with E-state index in [1.807, 2.05) is 0 Å². The molecule has 0 aliphatic rings. The maximum absolute atomic E-state index is 13.6. The molecule has 1 amide bonds. The smallest absolute Gasteiger partial charge is 0.270 e. The van der Waals surface area contributed by atoms with Crippen molar-refractivity contribution in [2.45, 2.75) is 0 Å². The lowest BCUT2D eigenvalue weighted by Gasteiger charge is -2.07. The van der Waals surface area contributed by atoms with Crippen LogP contribution in [0, 0.1) is 15.9 Å². The van der Waals surface area contributed by atoms with Crippen LogP contribution in [-0.4, -0.2) is 20.8 Å². The molecule has 0 radical (unpaired) electrons. The molecule has 1 heterocycles. The average molecular weight is 331 g/mol. The number of halogens is 3. The Kier molecular flexibility index (Phi) is 4.29. The first-order valence-electron chi connectivity index (χ1n) is 5.31. The third-order valence-electron chi connectivity index (χ3n) is 2.38. The molecule has 0 atom stereocenters. The normalized spacial score (nSPS) is 10.2. The first kappa shape index (κ1) is 15.1. The lowest BCUT2D eigenvalue weighted by atomic mass is 10.1. The van der Waals surface area contributed by atoms with E-state index in [2.05, 4.69) is 15.3 Å². The van der Waals surface area contributed by atoms with Gasteiger partial charge in [-0.3, -0.25) is 14.9 Å². The number of carbonyl (C=O) groups excluding carboxylic acids is 1. The Hall–Kier alpha value is -2.32. The maximum Gasteiger partial charge on any atom is 0.270 e. The third-order valence-corrected chi connectivity index (χ3v) is 3.13. The Bertz CT molecular complexity index is 741. The molecule has 0 bridgehead atoms. The fourth-order valence-electron chi connectivity index (χ4n) is 1.41. The van der Waals surface area contributed by atoms with Gasteiger partial charge >= 0.3 is 0 Å². The van der Waals surface area contributed by atoms with Gasteiger partial charge in [-0.2, -0.15) is 0 Å². The van der Waals surface area contributed by atoms with Gasteiger partial charge in [-0.25, -0.2) is 14.4 Å². The molecule has 21 heavy (non-hydrogen) atoms. The highest BCUT2D eigenvalue weighted by molar-refractivity contribution is 6.43. The summed E-state index contributed by atoms with van der Waals surface area (Å²) in [5, 5.41) is 12.6. The van der Waals surface area contributed by atoms with Crippen molar-refractivity contribution >= 4 is 40.6 Å². The van der Waals surface area contributed by atoms with E-state index in [1.165, 1.54) is 0 Å². The minimum absolute atomic E-state index is 0.0959. The number of rotatable bonds is 3. The van der Waals surface area contributed by atoms with Crippen LogP contribution in [0.1, 0.15) is 10.4 Å². The van der Waals surface area contributed by atoms with E-state index in [1.54, 1.807) is 0 Å². The van der Waals surface area contributed by atoms with Crippen LogP contribution < -0.4 is 5.32 Å². The van der Waals surface area contributed by atoms with Crippen LogP contribution in [-0.2, 0) is 0 Å². The van der Waals surface area contributed by atoms with Gasteiger partial charge < -0.3 is 5.32 Å². The molecule has 1 aromatic carbocycles. The zero-order valence-corrected chi connectivity index (χ0v) is 11.5. The van der Waals surface area contributed by atoms with Gasteiger partial charge in [-0.15, -0.1) is 0 Å². The van der Waals surface area contributed by atoms with E-state index in [9.17, 15) is 19.3 Å². The van der Waals surface area contributed by atoms with Crippen LogP contribution in [0.15, 0.2) is 24.5 Å². The predicted molar refractivity (Wildman–Crippen MR) is 73.1 cm³/mol. The molecule has 0 saturated heterocycles. The Balaban J connectivity index is 2.34. The van der Waals surface area contributed by atoms with Gasteiger partial charge in [-0.05, 0) is 6.07 Å². The molecule has 108 valence electrons.